The number of halogens is 1. The molecule has 8 atom stereocenters. The first-order valence-corrected chi connectivity index (χ1v) is 17.5. The summed E-state index contributed by atoms with van der Waals surface area (Å²) in [6.07, 6.45) is 5.97. The number of anilines is 1. The number of allylic oxidation sites excluding steroid dienone is 1. The molecule has 1 spiro atoms. The fourth-order valence-electron chi connectivity index (χ4n) is 7.93. The molecule has 2 fully saturated rings. The third-order valence-corrected chi connectivity index (χ3v) is 10.3. The molecule has 0 bridgehead atoms. The molecule has 12 heteroatoms. The molecule has 0 aliphatic carbocycles. The number of ether oxygens (including phenoxy) is 3. The average Bonchev–Trinajstić information content (AvgIpc) is 3.49. The van der Waals surface area contributed by atoms with Crippen LogP contribution in [0.5, 0.6) is 0 Å². The van der Waals surface area contributed by atoms with Gasteiger partial charge in [0, 0.05) is 20.1 Å². The molecule has 2 saturated heterocycles. The molecule has 0 saturated carbocycles. The summed E-state index contributed by atoms with van der Waals surface area (Å²) in [7, 11) is 1.50. The van der Waals surface area contributed by atoms with Crippen molar-refractivity contribution in [2.24, 2.45) is 17.8 Å². The molecule has 2 aromatic carbocycles. The van der Waals surface area contributed by atoms with Gasteiger partial charge < -0.3 is 34.4 Å². The van der Waals surface area contributed by atoms with Crippen LogP contribution in [0.3, 0.4) is 0 Å². The molecule has 50 heavy (non-hydrogen) atoms. The van der Waals surface area contributed by atoms with Crippen molar-refractivity contribution < 1.29 is 38.5 Å². The molecule has 0 unspecified atom stereocenters. The average molecular weight is 706 g/mol. The number of amides is 3. The maximum absolute atomic E-state index is 14.9. The molecule has 4 aliphatic rings. The lowest BCUT2D eigenvalue weighted by Gasteiger charge is -2.39. The van der Waals surface area contributed by atoms with Crippen LogP contribution in [0.15, 0.2) is 78.9 Å². The molecule has 11 nitrogen and oxygen atoms in total. The summed E-state index contributed by atoms with van der Waals surface area (Å²) in [5, 5.41) is 14.0. The number of carbonyl (C=O) groups excluding carboxylic acids is 4. The molecule has 4 heterocycles. The standard InChI is InChI=1S/C38H44ClN3O8/c1-23(2)20-25(21-43)42-34-36(46)41(28-15-8-7-14-26(28)39)19-11-18-38(34)32(35(42)45)31-29(50-38)16-9-10-17-30(44)40-27(22-48-3)33(49-37(31)47)24-12-5-4-6-13-24/h4-9,11-16,18,23,25,27,29,31-34,43H,10,17,19-22H2,1-3H3,(H,40,44)/b16-9-/t25-,27-,29-,31+,32+,33-,34-,38+/m1/s1. The number of rotatable bonds is 8. The Morgan fingerprint density at radius 1 is 1.04 bits per heavy atom. The van der Waals surface area contributed by atoms with Gasteiger partial charge in [0.25, 0.3) is 5.91 Å². The van der Waals surface area contributed by atoms with Crippen molar-refractivity contribution in [2.45, 2.75) is 69.0 Å². The van der Waals surface area contributed by atoms with Crippen LogP contribution in [-0.4, -0.2) is 90.4 Å². The van der Waals surface area contributed by atoms with E-state index >= 15 is 0 Å². The van der Waals surface area contributed by atoms with Crippen LogP contribution < -0.4 is 10.2 Å². The summed E-state index contributed by atoms with van der Waals surface area (Å²) >= 11 is 6.60. The molecule has 4 aliphatic heterocycles. The number of methoxy groups -OCH3 is 1. The summed E-state index contributed by atoms with van der Waals surface area (Å²) < 4.78 is 18.6. The summed E-state index contributed by atoms with van der Waals surface area (Å²) in [5.74, 6) is -4.09. The van der Waals surface area contributed by atoms with Crippen molar-refractivity contribution in [2.75, 3.05) is 31.8 Å². The number of esters is 1. The Balaban J connectivity index is 1.48. The van der Waals surface area contributed by atoms with E-state index in [9.17, 15) is 24.3 Å². The summed E-state index contributed by atoms with van der Waals surface area (Å²) in [5.41, 5.74) is -0.470. The fraction of sp³-hybridized carbons (Fsp3) is 0.474. The third kappa shape index (κ3) is 6.59. The van der Waals surface area contributed by atoms with E-state index in [4.69, 9.17) is 25.8 Å². The molecule has 266 valence electrons. The van der Waals surface area contributed by atoms with E-state index in [-0.39, 0.29) is 38.0 Å². The molecule has 6 rings (SSSR count). The summed E-state index contributed by atoms with van der Waals surface area (Å²) in [6, 6.07) is 13.4. The van der Waals surface area contributed by atoms with Crippen molar-refractivity contribution in [3.63, 3.8) is 0 Å². The van der Waals surface area contributed by atoms with Crippen LogP contribution in [0.2, 0.25) is 5.02 Å². The second-order valence-corrected chi connectivity index (χ2v) is 14.1. The maximum atomic E-state index is 14.9. The number of aliphatic hydroxyl groups is 1. The van der Waals surface area contributed by atoms with E-state index in [0.717, 1.165) is 0 Å². The van der Waals surface area contributed by atoms with E-state index in [1.165, 1.54) is 16.9 Å². The molecule has 2 N–H and O–H groups in total. The zero-order valence-corrected chi connectivity index (χ0v) is 29.2. The highest BCUT2D eigenvalue weighted by Crippen LogP contribution is 2.54. The van der Waals surface area contributed by atoms with Gasteiger partial charge in [0.05, 0.1) is 48.0 Å². The van der Waals surface area contributed by atoms with Crippen molar-refractivity contribution in [1.82, 2.24) is 10.2 Å². The smallest absolute Gasteiger partial charge is 0.313 e. The summed E-state index contributed by atoms with van der Waals surface area (Å²) in [4.78, 5) is 60.4. The first-order chi connectivity index (χ1) is 24.1. The van der Waals surface area contributed by atoms with Crippen LogP contribution in [-0.2, 0) is 33.4 Å². The van der Waals surface area contributed by atoms with Crippen molar-refractivity contribution in [1.29, 1.82) is 0 Å². The van der Waals surface area contributed by atoms with Gasteiger partial charge in [-0.1, -0.05) is 92.2 Å². The van der Waals surface area contributed by atoms with Crippen molar-refractivity contribution >= 4 is 41.0 Å². The maximum Gasteiger partial charge on any atom is 0.313 e. The van der Waals surface area contributed by atoms with Gasteiger partial charge in [0.2, 0.25) is 11.8 Å². The monoisotopic (exact) mass is 705 g/mol. The van der Waals surface area contributed by atoms with Gasteiger partial charge in [-0.25, -0.2) is 0 Å². The molecular weight excluding hydrogens is 662 g/mol. The first-order valence-electron chi connectivity index (χ1n) is 17.2. The lowest BCUT2D eigenvalue weighted by atomic mass is 9.77. The normalized spacial score (nSPS) is 31.2. The highest BCUT2D eigenvalue weighted by molar-refractivity contribution is 6.34. The number of para-hydroxylation sites is 1. The van der Waals surface area contributed by atoms with E-state index in [2.05, 4.69) is 5.32 Å². The predicted octanol–water partition coefficient (Wildman–Crippen LogP) is 4.00. The Hall–Kier alpha value is -4.03. The number of hydrogen-bond acceptors (Lipinski definition) is 8. The molecule has 2 aromatic rings. The second-order valence-electron chi connectivity index (χ2n) is 13.7. The van der Waals surface area contributed by atoms with Gasteiger partial charge in [-0.05, 0) is 36.5 Å². The van der Waals surface area contributed by atoms with Crippen LogP contribution in [0.4, 0.5) is 5.69 Å². The van der Waals surface area contributed by atoms with Gasteiger partial charge >= 0.3 is 5.97 Å². The highest BCUT2D eigenvalue weighted by atomic mass is 35.5. The highest BCUT2D eigenvalue weighted by Gasteiger charge is 2.72. The van der Waals surface area contributed by atoms with Crippen LogP contribution in [0.1, 0.15) is 44.8 Å². The minimum absolute atomic E-state index is 0.0592. The lowest BCUT2D eigenvalue weighted by Crippen LogP contribution is -2.58. The zero-order chi connectivity index (χ0) is 35.6. The third-order valence-electron chi connectivity index (χ3n) is 9.99. The molecule has 0 aromatic heterocycles. The predicted molar refractivity (Wildman–Crippen MR) is 186 cm³/mol. The first kappa shape index (κ1) is 35.8. The zero-order valence-electron chi connectivity index (χ0n) is 28.4. The van der Waals surface area contributed by atoms with Crippen LogP contribution >= 0.6 is 11.6 Å². The van der Waals surface area contributed by atoms with Gasteiger partial charge in [-0.3, -0.25) is 19.2 Å². The van der Waals surface area contributed by atoms with Crippen molar-refractivity contribution in [3.05, 3.63) is 89.5 Å². The number of nitrogens with zero attached hydrogens (tertiary/aromatic N) is 2. The second kappa shape index (κ2) is 15.1. The number of carbonyl (C=O) groups is 4. The molecular formula is C38H44ClN3O8. The van der Waals surface area contributed by atoms with E-state index in [1.807, 2.05) is 32.0 Å². The number of cyclic esters (lactones) is 1. The fourth-order valence-corrected chi connectivity index (χ4v) is 8.17. The summed E-state index contributed by atoms with van der Waals surface area (Å²) in [6.45, 7) is 3.77. The topological polar surface area (TPSA) is 135 Å². The number of benzene rings is 2. The van der Waals surface area contributed by atoms with E-state index in [1.54, 1.807) is 60.7 Å². The van der Waals surface area contributed by atoms with Crippen LogP contribution in [0.25, 0.3) is 0 Å². The number of likely N-dealkylation sites (tertiary alicyclic amines) is 1. The Morgan fingerprint density at radius 3 is 2.48 bits per heavy atom. The Labute approximate surface area is 297 Å². The minimum Gasteiger partial charge on any atom is -0.455 e. The van der Waals surface area contributed by atoms with E-state index in [0.29, 0.717) is 29.1 Å². The molecule has 3 amide bonds. The lowest BCUT2D eigenvalue weighted by molar-refractivity contribution is -0.163. The van der Waals surface area contributed by atoms with Gasteiger partial charge in [0.15, 0.2) is 0 Å². The number of nitrogens with one attached hydrogen (secondary N) is 1. The van der Waals surface area contributed by atoms with Crippen LogP contribution in [0, 0.1) is 17.8 Å². The Morgan fingerprint density at radius 2 is 1.78 bits per heavy atom. The molecule has 0 radical (unpaired) electrons. The van der Waals surface area contributed by atoms with Crippen molar-refractivity contribution in [3.8, 4) is 0 Å². The van der Waals surface area contributed by atoms with Gasteiger partial charge in [-0.2, -0.15) is 0 Å². The number of fused-ring (bicyclic) bond motifs is 2. The Bertz CT molecular complexity index is 1650. The SMILES string of the molecule is COC[C@H]1NC(=O)CC/C=C\[C@H]2O[C@]34C=CCN(c5ccccc5Cl)C(=O)[C@H]3N([C@@H](CO)CC(C)C)C(=O)[C@@H]4[C@H]2C(=O)O[C@@H]1c1ccccc1. The van der Waals surface area contributed by atoms with E-state index < -0.39 is 65.6 Å². The minimum atomic E-state index is -1.57. The van der Waals surface area contributed by atoms with Gasteiger partial charge in [0.1, 0.15) is 23.7 Å². The quantitative estimate of drug-likeness (QED) is 0.311. The van der Waals surface area contributed by atoms with Gasteiger partial charge in [-0.15, -0.1) is 0 Å². The number of aliphatic hydroxyl groups excluding tert-OH is 1. The Kier molecular flexibility index (Phi) is 10.8. The number of hydrogen-bond donors (Lipinski definition) is 2. The largest absolute Gasteiger partial charge is 0.455 e.